The summed E-state index contributed by atoms with van der Waals surface area (Å²) in [6.45, 7) is 1.88. The van der Waals surface area contributed by atoms with E-state index in [4.69, 9.17) is 14.9 Å². The van der Waals surface area contributed by atoms with E-state index in [1.165, 1.54) is 0 Å². The Morgan fingerprint density at radius 2 is 2.00 bits per heavy atom. The number of aliphatic hydroxyl groups is 1. The van der Waals surface area contributed by atoms with E-state index in [0.29, 0.717) is 12.8 Å². The molecule has 0 rings (SSSR count). The van der Waals surface area contributed by atoms with Crippen LogP contribution in [0.15, 0.2) is 12.2 Å². The maximum Gasteiger partial charge on any atom is 0.331 e. The van der Waals surface area contributed by atoms with Crippen LogP contribution in [0.2, 0.25) is 0 Å². The number of esters is 1. The van der Waals surface area contributed by atoms with Crippen molar-refractivity contribution in [1.82, 2.24) is 0 Å². The van der Waals surface area contributed by atoms with E-state index in [-0.39, 0.29) is 12.7 Å². The molecule has 0 fully saturated rings. The molecule has 0 aliphatic heterocycles. The number of ether oxygens (including phenoxy) is 1. The highest BCUT2D eigenvalue weighted by Gasteiger charge is 2.11. The molecule has 2 N–H and O–H groups in total. The van der Waals surface area contributed by atoms with Crippen molar-refractivity contribution >= 4 is 11.9 Å². The van der Waals surface area contributed by atoms with E-state index >= 15 is 0 Å². The number of rotatable bonds is 7. The lowest BCUT2D eigenvalue weighted by Crippen LogP contribution is -2.18. The standard InChI is InChI=1S/C10H16O5/c1-2-3-8(6-7-11)15-10(14)5-4-9(12)13/h4-5,8,11H,2-3,6-7H2,1H3,(H,12,13)/b5-4-. The minimum absolute atomic E-state index is 0.0550. The zero-order chi connectivity index (χ0) is 11.7. The van der Waals surface area contributed by atoms with Crippen molar-refractivity contribution in [3.8, 4) is 0 Å². The van der Waals surface area contributed by atoms with Crippen molar-refractivity contribution in [2.24, 2.45) is 0 Å². The van der Waals surface area contributed by atoms with Crippen LogP contribution in [0.5, 0.6) is 0 Å². The van der Waals surface area contributed by atoms with Crippen molar-refractivity contribution < 1.29 is 24.5 Å². The molecular weight excluding hydrogens is 200 g/mol. The smallest absolute Gasteiger partial charge is 0.331 e. The average Bonchev–Trinajstić information content (AvgIpc) is 2.15. The Kier molecular flexibility index (Phi) is 7.27. The summed E-state index contributed by atoms with van der Waals surface area (Å²) in [4.78, 5) is 21.2. The van der Waals surface area contributed by atoms with Gasteiger partial charge >= 0.3 is 11.9 Å². The number of aliphatic hydroxyl groups excluding tert-OH is 1. The summed E-state index contributed by atoms with van der Waals surface area (Å²) in [5.74, 6) is -1.88. The van der Waals surface area contributed by atoms with Gasteiger partial charge in [-0.25, -0.2) is 9.59 Å². The van der Waals surface area contributed by atoms with E-state index in [1.807, 2.05) is 6.92 Å². The molecule has 0 saturated heterocycles. The van der Waals surface area contributed by atoms with Crippen LogP contribution in [0, 0.1) is 0 Å². The first-order valence-electron chi connectivity index (χ1n) is 4.82. The van der Waals surface area contributed by atoms with Gasteiger partial charge in [0.2, 0.25) is 0 Å². The highest BCUT2D eigenvalue weighted by molar-refractivity contribution is 5.90. The quantitative estimate of drug-likeness (QED) is 0.484. The van der Waals surface area contributed by atoms with Gasteiger partial charge in [-0.2, -0.15) is 0 Å². The van der Waals surface area contributed by atoms with E-state index < -0.39 is 11.9 Å². The molecular formula is C10H16O5. The summed E-state index contributed by atoms with van der Waals surface area (Å²) in [5, 5.41) is 17.0. The van der Waals surface area contributed by atoms with Crippen LogP contribution >= 0.6 is 0 Å². The average molecular weight is 216 g/mol. The van der Waals surface area contributed by atoms with Crippen molar-refractivity contribution in [3.05, 3.63) is 12.2 Å². The highest BCUT2D eigenvalue weighted by Crippen LogP contribution is 2.06. The predicted octanol–water partition coefficient (Wildman–Crippen LogP) is 0.721. The molecule has 0 spiro atoms. The Balaban J connectivity index is 4.04. The van der Waals surface area contributed by atoms with Gasteiger partial charge in [0, 0.05) is 25.2 Å². The van der Waals surface area contributed by atoms with Gasteiger partial charge in [0.05, 0.1) is 0 Å². The fourth-order valence-corrected chi connectivity index (χ4v) is 1.07. The molecule has 0 saturated carbocycles. The molecule has 15 heavy (non-hydrogen) atoms. The van der Waals surface area contributed by atoms with Gasteiger partial charge in [0.1, 0.15) is 6.10 Å². The summed E-state index contributed by atoms with van der Waals surface area (Å²) in [6.07, 6.45) is 3.12. The summed E-state index contributed by atoms with van der Waals surface area (Å²) >= 11 is 0. The van der Waals surface area contributed by atoms with Gasteiger partial charge in [-0.1, -0.05) is 13.3 Å². The van der Waals surface area contributed by atoms with Crippen LogP contribution in [-0.2, 0) is 14.3 Å². The lowest BCUT2D eigenvalue weighted by atomic mass is 10.1. The van der Waals surface area contributed by atoms with Crippen LogP contribution in [0.1, 0.15) is 26.2 Å². The number of aliphatic carboxylic acids is 1. The number of carbonyl (C=O) groups excluding carboxylic acids is 1. The Hall–Kier alpha value is -1.36. The molecule has 1 unspecified atom stereocenters. The fraction of sp³-hybridized carbons (Fsp3) is 0.600. The Bertz CT molecular complexity index is 228. The van der Waals surface area contributed by atoms with Crippen molar-refractivity contribution in [1.29, 1.82) is 0 Å². The third kappa shape index (κ3) is 7.69. The first-order valence-corrected chi connectivity index (χ1v) is 4.82. The van der Waals surface area contributed by atoms with Gasteiger partial charge < -0.3 is 14.9 Å². The molecule has 0 aliphatic rings. The molecule has 5 heteroatoms. The summed E-state index contributed by atoms with van der Waals surface area (Å²) in [7, 11) is 0. The molecule has 0 aromatic heterocycles. The number of carbonyl (C=O) groups is 2. The van der Waals surface area contributed by atoms with Gasteiger partial charge in [0.25, 0.3) is 0 Å². The third-order valence-corrected chi connectivity index (χ3v) is 1.71. The van der Waals surface area contributed by atoms with Crippen LogP contribution in [-0.4, -0.2) is 34.9 Å². The Labute approximate surface area is 88.4 Å². The molecule has 0 aliphatic carbocycles. The third-order valence-electron chi connectivity index (χ3n) is 1.71. The van der Waals surface area contributed by atoms with Crippen LogP contribution in [0.4, 0.5) is 0 Å². The molecule has 0 bridgehead atoms. The van der Waals surface area contributed by atoms with Crippen LogP contribution in [0.25, 0.3) is 0 Å². The van der Waals surface area contributed by atoms with Gasteiger partial charge in [-0.3, -0.25) is 0 Å². The summed E-state index contributed by atoms with van der Waals surface area (Å²) < 4.78 is 4.93. The SMILES string of the molecule is CCCC(CCO)OC(=O)/C=C\C(=O)O. The lowest BCUT2D eigenvalue weighted by molar-refractivity contribution is -0.144. The molecule has 0 aromatic rings. The van der Waals surface area contributed by atoms with Crippen molar-refractivity contribution in [2.75, 3.05) is 6.61 Å². The molecule has 0 aromatic carbocycles. The largest absolute Gasteiger partial charge is 0.478 e. The minimum atomic E-state index is -1.19. The molecule has 5 nitrogen and oxygen atoms in total. The molecule has 0 amide bonds. The lowest BCUT2D eigenvalue weighted by Gasteiger charge is -2.14. The summed E-state index contributed by atoms with van der Waals surface area (Å²) in [5.41, 5.74) is 0. The zero-order valence-electron chi connectivity index (χ0n) is 8.68. The van der Waals surface area contributed by atoms with Crippen LogP contribution in [0.3, 0.4) is 0 Å². The van der Waals surface area contributed by atoms with Crippen molar-refractivity contribution in [2.45, 2.75) is 32.3 Å². The molecule has 86 valence electrons. The zero-order valence-corrected chi connectivity index (χ0v) is 8.68. The number of carboxylic acid groups (broad SMARTS) is 1. The number of carboxylic acids is 1. The van der Waals surface area contributed by atoms with E-state index in [2.05, 4.69) is 0 Å². The first kappa shape index (κ1) is 13.6. The van der Waals surface area contributed by atoms with Gasteiger partial charge in [0.15, 0.2) is 0 Å². The predicted molar refractivity (Wildman–Crippen MR) is 53.3 cm³/mol. The number of hydrogen-bond donors (Lipinski definition) is 2. The number of hydrogen-bond acceptors (Lipinski definition) is 4. The first-order chi connectivity index (χ1) is 7.10. The minimum Gasteiger partial charge on any atom is -0.478 e. The van der Waals surface area contributed by atoms with Crippen molar-refractivity contribution in [3.63, 3.8) is 0 Å². The molecule has 0 heterocycles. The second kappa shape index (κ2) is 7.99. The Morgan fingerprint density at radius 3 is 2.47 bits per heavy atom. The van der Waals surface area contributed by atoms with E-state index in [1.54, 1.807) is 0 Å². The molecule has 1 atom stereocenters. The normalized spacial score (nSPS) is 12.7. The van der Waals surface area contributed by atoms with E-state index in [0.717, 1.165) is 18.6 Å². The van der Waals surface area contributed by atoms with Gasteiger partial charge in [-0.15, -0.1) is 0 Å². The maximum atomic E-state index is 11.1. The van der Waals surface area contributed by atoms with Crippen LogP contribution < -0.4 is 0 Å². The second-order valence-electron chi connectivity index (χ2n) is 3.03. The molecule has 0 radical (unpaired) electrons. The summed E-state index contributed by atoms with van der Waals surface area (Å²) in [6, 6.07) is 0. The highest BCUT2D eigenvalue weighted by atomic mass is 16.5. The topological polar surface area (TPSA) is 83.8 Å². The second-order valence-corrected chi connectivity index (χ2v) is 3.03. The monoisotopic (exact) mass is 216 g/mol. The fourth-order valence-electron chi connectivity index (χ4n) is 1.07. The van der Waals surface area contributed by atoms with Gasteiger partial charge in [-0.05, 0) is 6.42 Å². The maximum absolute atomic E-state index is 11.1. The Morgan fingerprint density at radius 1 is 1.33 bits per heavy atom. The van der Waals surface area contributed by atoms with E-state index in [9.17, 15) is 9.59 Å².